The number of benzene rings is 1. The van der Waals surface area contributed by atoms with Crippen molar-refractivity contribution in [3.63, 3.8) is 0 Å². The number of hydrogen-bond donors (Lipinski definition) is 1. The maximum atomic E-state index is 5.91. The van der Waals surface area contributed by atoms with E-state index in [-0.39, 0.29) is 0 Å². The maximum Gasteiger partial charge on any atom is 0.0652 e. The number of nitrogens with one attached hydrogen (secondary N) is 1. The van der Waals surface area contributed by atoms with E-state index in [0.29, 0.717) is 21.6 Å². The molecule has 1 aromatic carbocycles. The molecule has 0 fully saturated rings. The van der Waals surface area contributed by atoms with Gasteiger partial charge in [0, 0.05) is 15.6 Å². The van der Waals surface area contributed by atoms with Crippen molar-refractivity contribution in [1.29, 1.82) is 0 Å². The van der Waals surface area contributed by atoms with Gasteiger partial charge in [0.25, 0.3) is 0 Å². The Morgan fingerprint density at radius 2 is 2.07 bits per heavy atom. The second-order valence-corrected chi connectivity index (χ2v) is 4.08. The molecule has 0 radical (unpaired) electrons. The smallest absolute Gasteiger partial charge is 0.0652 e. The summed E-state index contributed by atoms with van der Waals surface area (Å²) in [5, 5.41) is 4.68. The summed E-state index contributed by atoms with van der Waals surface area (Å²) in [4.78, 5) is 0. The highest BCUT2D eigenvalue weighted by Crippen LogP contribution is 2.25. The van der Waals surface area contributed by atoms with Gasteiger partial charge in [-0.3, -0.25) is 0 Å². The van der Waals surface area contributed by atoms with Gasteiger partial charge in [-0.05, 0) is 18.2 Å². The molecule has 0 spiro atoms. The van der Waals surface area contributed by atoms with Crippen molar-refractivity contribution in [2.45, 2.75) is 0 Å². The van der Waals surface area contributed by atoms with Crippen LogP contribution in [0.1, 0.15) is 0 Å². The fourth-order valence-electron chi connectivity index (χ4n) is 0.851. The first-order valence-corrected chi connectivity index (χ1v) is 5.34. The first-order valence-electron chi connectivity index (χ1n) is 3.77. The summed E-state index contributed by atoms with van der Waals surface area (Å²) in [6.07, 6.45) is 0. The molecule has 14 heavy (non-hydrogen) atoms. The predicted molar refractivity (Wildman–Crippen MR) is 64.7 cm³/mol. The first-order chi connectivity index (χ1) is 6.63. The Morgan fingerprint density at radius 3 is 2.64 bits per heavy atom. The highest BCUT2D eigenvalue weighted by atomic mass is 35.5. The van der Waals surface area contributed by atoms with Crippen molar-refractivity contribution in [2.75, 3.05) is 11.9 Å². The van der Waals surface area contributed by atoms with Gasteiger partial charge >= 0.3 is 0 Å². The van der Waals surface area contributed by atoms with Crippen LogP contribution >= 0.6 is 46.4 Å². The summed E-state index contributed by atoms with van der Waals surface area (Å²) in [6.45, 7) is 0.437. The van der Waals surface area contributed by atoms with Crippen LogP contribution < -0.4 is 5.32 Å². The van der Waals surface area contributed by atoms with Crippen molar-refractivity contribution in [2.24, 2.45) is 0 Å². The molecule has 0 amide bonds. The van der Waals surface area contributed by atoms with E-state index >= 15 is 0 Å². The van der Waals surface area contributed by atoms with Crippen LogP contribution in [0, 0.1) is 0 Å². The minimum Gasteiger partial charge on any atom is -0.379 e. The molecule has 0 aromatic heterocycles. The molecule has 1 nitrogen and oxygen atoms in total. The van der Waals surface area contributed by atoms with Crippen LogP contribution in [0.2, 0.25) is 10.0 Å². The predicted octanol–water partition coefficient (Wildman–Crippen LogP) is 4.72. The van der Waals surface area contributed by atoms with E-state index in [0.717, 1.165) is 5.69 Å². The zero-order valence-electron chi connectivity index (χ0n) is 7.03. The molecule has 0 unspecified atom stereocenters. The Kier molecular flexibility index (Phi) is 4.90. The van der Waals surface area contributed by atoms with Gasteiger partial charge in [-0.1, -0.05) is 46.4 Å². The third-order valence-electron chi connectivity index (χ3n) is 1.50. The van der Waals surface area contributed by atoms with Crippen LogP contribution in [0.3, 0.4) is 0 Å². The second-order valence-electron chi connectivity index (χ2n) is 2.53. The standard InChI is InChI=1S/C9H7Cl4N/c10-4-7(12)5-14-9-2-1-6(11)3-8(9)13/h1-4,14H,5H2. The fraction of sp³-hybridized carbons (Fsp3) is 0.111. The quantitative estimate of drug-likeness (QED) is 0.838. The summed E-state index contributed by atoms with van der Waals surface area (Å²) in [5.74, 6) is 0. The van der Waals surface area contributed by atoms with E-state index < -0.39 is 0 Å². The van der Waals surface area contributed by atoms with Crippen LogP contribution in [0.25, 0.3) is 0 Å². The van der Waals surface area contributed by atoms with Gasteiger partial charge in [0.15, 0.2) is 0 Å². The molecule has 0 heterocycles. The van der Waals surface area contributed by atoms with Gasteiger partial charge in [0.05, 0.1) is 17.3 Å². The molecule has 1 aromatic rings. The normalized spacial score (nSPS) is 11.6. The Balaban J connectivity index is 2.68. The van der Waals surface area contributed by atoms with Gasteiger partial charge in [-0.15, -0.1) is 0 Å². The monoisotopic (exact) mass is 269 g/mol. The van der Waals surface area contributed by atoms with Crippen LogP contribution in [0.5, 0.6) is 0 Å². The molecular weight excluding hydrogens is 264 g/mol. The molecular formula is C9H7Cl4N. The minimum absolute atomic E-state index is 0.437. The molecule has 0 atom stereocenters. The summed E-state index contributed by atoms with van der Waals surface area (Å²) < 4.78 is 0. The SMILES string of the molecule is ClC=C(Cl)CNc1ccc(Cl)cc1Cl. The molecule has 5 heteroatoms. The van der Waals surface area contributed by atoms with Crippen molar-refractivity contribution in [3.05, 3.63) is 38.8 Å². The van der Waals surface area contributed by atoms with Gasteiger partial charge in [0.1, 0.15) is 0 Å². The summed E-state index contributed by atoms with van der Waals surface area (Å²) in [5.41, 5.74) is 2.07. The van der Waals surface area contributed by atoms with E-state index in [1.165, 1.54) is 5.54 Å². The van der Waals surface area contributed by atoms with E-state index in [1.54, 1.807) is 18.2 Å². The first kappa shape index (κ1) is 12.0. The third-order valence-corrected chi connectivity index (χ3v) is 2.66. The molecule has 0 aliphatic rings. The van der Waals surface area contributed by atoms with Crippen molar-refractivity contribution >= 4 is 52.1 Å². The number of anilines is 1. The van der Waals surface area contributed by atoms with Gasteiger partial charge in [0.2, 0.25) is 0 Å². The lowest BCUT2D eigenvalue weighted by molar-refractivity contribution is 1.31. The minimum atomic E-state index is 0.437. The van der Waals surface area contributed by atoms with Crippen molar-refractivity contribution in [1.82, 2.24) is 0 Å². The maximum absolute atomic E-state index is 5.91. The molecule has 0 aliphatic heterocycles. The van der Waals surface area contributed by atoms with Crippen molar-refractivity contribution < 1.29 is 0 Å². The molecule has 0 saturated heterocycles. The molecule has 0 saturated carbocycles. The Bertz CT molecular complexity index is 349. The summed E-state index contributed by atoms with van der Waals surface area (Å²) in [7, 11) is 0. The van der Waals surface area contributed by atoms with E-state index in [9.17, 15) is 0 Å². The van der Waals surface area contributed by atoms with E-state index in [1.807, 2.05) is 0 Å². The zero-order chi connectivity index (χ0) is 10.6. The van der Waals surface area contributed by atoms with Crippen LogP contribution in [0.4, 0.5) is 5.69 Å². The van der Waals surface area contributed by atoms with Crippen LogP contribution in [-0.2, 0) is 0 Å². The van der Waals surface area contributed by atoms with Gasteiger partial charge in [-0.2, -0.15) is 0 Å². The number of rotatable bonds is 3. The molecule has 0 aliphatic carbocycles. The molecule has 0 bridgehead atoms. The summed E-state index contributed by atoms with van der Waals surface area (Å²) in [6, 6.07) is 5.18. The average molecular weight is 271 g/mol. The highest BCUT2D eigenvalue weighted by Gasteiger charge is 2.00. The summed E-state index contributed by atoms with van der Waals surface area (Å²) >= 11 is 22.7. The lowest BCUT2D eigenvalue weighted by Gasteiger charge is -2.07. The Morgan fingerprint density at radius 1 is 1.36 bits per heavy atom. The Hall–Kier alpha value is -0.0800. The topological polar surface area (TPSA) is 12.0 Å². The number of halogens is 4. The van der Waals surface area contributed by atoms with E-state index in [4.69, 9.17) is 46.4 Å². The van der Waals surface area contributed by atoms with Crippen molar-refractivity contribution in [3.8, 4) is 0 Å². The molecule has 1 rings (SSSR count). The number of hydrogen-bond acceptors (Lipinski definition) is 1. The molecule has 76 valence electrons. The lowest BCUT2D eigenvalue weighted by Crippen LogP contribution is -2.01. The van der Waals surface area contributed by atoms with Crippen LogP contribution in [0.15, 0.2) is 28.8 Å². The molecule has 1 N–H and O–H groups in total. The van der Waals surface area contributed by atoms with E-state index in [2.05, 4.69) is 5.32 Å². The Labute approximate surface area is 103 Å². The lowest BCUT2D eigenvalue weighted by atomic mass is 10.3. The third kappa shape index (κ3) is 3.58. The van der Waals surface area contributed by atoms with Gasteiger partial charge in [-0.25, -0.2) is 0 Å². The highest BCUT2D eigenvalue weighted by molar-refractivity contribution is 6.37. The largest absolute Gasteiger partial charge is 0.379 e. The average Bonchev–Trinajstić information content (AvgIpc) is 2.16. The van der Waals surface area contributed by atoms with Crippen LogP contribution in [-0.4, -0.2) is 6.54 Å². The zero-order valence-corrected chi connectivity index (χ0v) is 10.1. The fourth-order valence-corrected chi connectivity index (χ4v) is 1.47. The van der Waals surface area contributed by atoms with Gasteiger partial charge < -0.3 is 5.32 Å². The second kappa shape index (κ2) is 5.72.